The fourth-order valence-corrected chi connectivity index (χ4v) is 2.61. The third-order valence-electron chi connectivity index (χ3n) is 3.79. The Balaban J connectivity index is 1.72. The molecular weight excluding hydrogens is 311 g/mol. The van der Waals surface area contributed by atoms with E-state index >= 15 is 0 Å². The van der Waals surface area contributed by atoms with Gasteiger partial charge in [0, 0.05) is 12.1 Å². The van der Waals surface area contributed by atoms with Crippen molar-refractivity contribution in [2.75, 3.05) is 5.32 Å². The van der Waals surface area contributed by atoms with E-state index in [1.807, 2.05) is 0 Å². The Kier molecular flexibility index (Phi) is 4.06. The maximum absolute atomic E-state index is 12.6. The Labute approximate surface area is 129 Å². The maximum atomic E-state index is 12.6. The van der Waals surface area contributed by atoms with E-state index in [4.69, 9.17) is 4.42 Å². The number of carbonyl (C=O) groups is 1. The lowest BCUT2D eigenvalue weighted by molar-refractivity contribution is -0.137. The summed E-state index contributed by atoms with van der Waals surface area (Å²) in [5.74, 6) is -0.118. The molecule has 0 spiro atoms. The number of hydrogen-bond donors (Lipinski definition) is 1. The van der Waals surface area contributed by atoms with Crippen molar-refractivity contribution in [2.24, 2.45) is 0 Å². The van der Waals surface area contributed by atoms with Crippen LogP contribution in [0.5, 0.6) is 0 Å². The van der Waals surface area contributed by atoms with Crippen molar-refractivity contribution in [1.82, 2.24) is 9.97 Å². The number of rotatable bonds is 3. The van der Waals surface area contributed by atoms with Crippen molar-refractivity contribution in [3.05, 3.63) is 41.7 Å². The standard InChI is InChI=1S/C15H14F3N3O2/c16-15(17,18)10-5-6-19-12(7-10)21-13(22)11-8-23-14(20-11)9-3-1-2-4-9/h5-9H,1-4H2,(H,19,21,22). The first-order valence-electron chi connectivity index (χ1n) is 7.23. The van der Waals surface area contributed by atoms with Crippen LogP contribution in [0, 0.1) is 0 Å². The number of nitrogens with one attached hydrogen (secondary N) is 1. The topological polar surface area (TPSA) is 68.0 Å². The molecule has 1 fully saturated rings. The number of carbonyl (C=O) groups excluding carboxylic acids is 1. The summed E-state index contributed by atoms with van der Waals surface area (Å²) in [6, 6.07) is 1.61. The van der Waals surface area contributed by atoms with Gasteiger partial charge in [0.25, 0.3) is 5.91 Å². The molecule has 0 unspecified atom stereocenters. The summed E-state index contributed by atoms with van der Waals surface area (Å²) in [7, 11) is 0. The fourth-order valence-electron chi connectivity index (χ4n) is 2.61. The molecule has 2 aromatic rings. The molecular formula is C15H14F3N3O2. The maximum Gasteiger partial charge on any atom is 0.416 e. The van der Waals surface area contributed by atoms with E-state index in [9.17, 15) is 18.0 Å². The van der Waals surface area contributed by atoms with Gasteiger partial charge in [0.2, 0.25) is 0 Å². The number of aromatic nitrogens is 2. The van der Waals surface area contributed by atoms with Gasteiger partial charge >= 0.3 is 6.18 Å². The number of halogens is 3. The van der Waals surface area contributed by atoms with Crippen molar-refractivity contribution in [3.63, 3.8) is 0 Å². The lowest BCUT2D eigenvalue weighted by Crippen LogP contribution is -2.15. The van der Waals surface area contributed by atoms with Crippen LogP contribution in [0.2, 0.25) is 0 Å². The molecule has 1 N–H and O–H groups in total. The Hall–Kier alpha value is -2.38. The van der Waals surface area contributed by atoms with Crippen molar-refractivity contribution in [2.45, 2.75) is 37.8 Å². The predicted octanol–water partition coefficient (Wildman–Crippen LogP) is 4.00. The second-order valence-electron chi connectivity index (χ2n) is 5.43. The van der Waals surface area contributed by atoms with E-state index < -0.39 is 17.6 Å². The van der Waals surface area contributed by atoms with Gasteiger partial charge in [0.05, 0.1) is 5.56 Å². The second-order valence-corrected chi connectivity index (χ2v) is 5.43. The van der Waals surface area contributed by atoms with Crippen molar-refractivity contribution in [1.29, 1.82) is 0 Å². The summed E-state index contributed by atoms with van der Waals surface area (Å²) in [6.07, 6.45) is 1.85. The Morgan fingerprint density at radius 3 is 2.74 bits per heavy atom. The third-order valence-corrected chi connectivity index (χ3v) is 3.79. The third kappa shape index (κ3) is 3.52. The summed E-state index contributed by atoms with van der Waals surface area (Å²) in [4.78, 5) is 19.9. The highest BCUT2D eigenvalue weighted by molar-refractivity contribution is 6.02. The summed E-state index contributed by atoms with van der Waals surface area (Å²) in [6.45, 7) is 0. The van der Waals surface area contributed by atoms with Crippen LogP contribution in [0.4, 0.5) is 19.0 Å². The van der Waals surface area contributed by atoms with E-state index in [1.54, 1.807) is 0 Å². The van der Waals surface area contributed by atoms with E-state index in [0.29, 0.717) is 5.89 Å². The van der Waals surface area contributed by atoms with Gasteiger partial charge in [0.1, 0.15) is 12.1 Å². The van der Waals surface area contributed by atoms with Gasteiger partial charge in [-0.2, -0.15) is 13.2 Å². The van der Waals surface area contributed by atoms with E-state index in [2.05, 4.69) is 15.3 Å². The molecule has 0 aromatic carbocycles. The molecule has 122 valence electrons. The van der Waals surface area contributed by atoms with Gasteiger partial charge in [-0.05, 0) is 25.0 Å². The average molecular weight is 325 g/mol. The molecule has 1 aliphatic carbocycles. The number of amides is 1. The molecule has 1 aliphatic rings. The number of oxazole rings is 1. The minimum Gasteiger partial charge on any atom is -0.448 e. The Bertz CT molecular complexity index is 706. The lowest BCUT2D eigenvalue weighted by Gasteiger charge is -2.08. The van der Waals surface area contributed by atoms with Crippen LogP contribution in [-0.2, 0) is 6.18 Å². The van der Waals surface area contributed by atoms with Gasteiger partial charge in [-0.1, -0.05) is 12.8 Å². The minimum absolute atomic E-state index is 0.0334. The predicted molar refractivity (Wildman–Crippen MR) is 74.9 cm³/mol. The highest BCUT2D eigenvalue weighted by atomic mass is 19.4. The van der Waals surface area contributed by atoms with Crippen LogP contribution in [0.1, 0.15) is 53.5 Å². The molecule has 5 nitrogen and oxygen atoms in total. The van der Waals surface area contributed by atoms with Gasteiger partial charge in [0.15, 0.2) is 11.6 Å². The van der Waals surface area contributed by atoms with E-state index in [1.165, 1.54) is 6.26 Å². The molecule has 1 saturated carbocycles. The number of anilines is 1. The van der Waals surface area contributed by atoms with E-state index in [0.717, 1.165) is 44.0 Å². The summed E-state index contributed by atoms with van der Waals surface area (Å²) in [5, 5.41) is 2.30. The molecule has 0 radical (unpaired) electrons. The number of alkyl halides is 3. The van der Waals surface area contributed by atoms with E-state index in [-0.39, 0.29) is 17.4 Å². The van der Waals surface area contributed by atoms with Gasteiger partial charge in [-0.15, -0.1) is 0 Å². The summed E-state index contributed by atoms with van der Waals surface area (Å²) < 4.78 is 43.2. The lowest BCUT2D eigenvalue weighted by atomic mass is 10.1. The normalized spacial score (nSPS) is 15.8. The Morgan fingerprint density at radius 2 is 2.04 bits per heavy atom. The average Bonchev–Trinajstić information content (AvgIpc) is 3.18. The van der Waals surface area contributed by atoms with Crippen molar-refractivity contribution >= 4 is 11.7 Å². The highest BCUT2D eigenvalue weighted by Gasteiger charge is 2.31. The first-order chi connectivity index (χ1) is 10.9. The summed E-state index contributed by atoms with van der Waals surface area (Å²) >= 11 is 0. The van der Waals surface area contributed by atoms with Crippen LogP contribution in [0.3, 0.4) is 0 Å². The zero-order valence-electron chi connectivity index (χ0n) is 12.1. The molecule has 2 heterocycles. The van der Waals surface area contributed by atoms with Crippen LogP contribution in [-0.4, -0.2) is 15.9 Å². The SMILES string of the molecule is O=C(Nc1cc(C(F)(F)F)ccn1)c1coc(C2CCCC2)n1. The van der Waals surface area contributed by atoms with Crippen LogP contribution in [0.15, 0.2) is 29.0 Å². The first kappa shape index (κ1) is 15.5. The van der Waals surface area contributed by atoms with Gasteiger partial charge < -0.3 is 9.73 Å². The smallest absolute Gasteiger partial charge is 0.416 e. The summed E-state index contributed by atoms with van der Waals surface area (Å²) in [5.41, 5.74) is -0.847. The van der Waals surface area contributed by atoms with Crippen molar-refractivity contribution in [3.8, 4) is 0 Å². The highest BCUT2D eigenvalue weighted by Crippen LogP contribution is 2.33. The molecule has 2 aromatic heterocycles. The monoisotopic (exact) mass is 325 g/mol. The van der Waals surface area contributed by atoms with Crippen molar-refractivity contribution < 1.29 is 22.4 Å². The molecule has 3 rings (SSSR count). The number of nitrogens with zero attached hydrogens (tertiary/aromatic N) is 2. The molecule has 23 heavy (non-hydrogen) atoms. The fraction of sp³-hybridized carbons (Fsp3) is 0.400. The second kappa shape index (κ2) is 6.02. The number of hydrogen-bond acceptors (Lipinski definition) is 4. The van der Waals surface area contributed by atoms with Crippen LogP contribution >= 0.6 is 0 Å². The zero-order valence-corrected chi connectivity index (χ0v) is 12.1. The minimum atomic E-state index is -4.49. The molecule has 0 saturated heterocycles. The first-order valence-corrected chi connectivity index (χ1v) is 7.23. The molecule has 0 atom stereocenters. The van der Waals surface area contributed by atoms with Crippen LogP contribution in [0.25, 0.3) is 0 Å². The van der Waals surface area contributed by atoms with Gasteiger partial charge in [-0.3, -0.25) is 4.79 Å². The Morgan fingerprint density at radius 1 is 1.30 bits per heavy atom. The molecule has 1 amide bonds. The molecule has 8 heteroatoms. The number of pyridine rings is 1. The van der Waals surface area contributed by atoms with Crippen LogP contribution < -0.4 is 5.32 Å². The molecule has 0 bridgehead atoms. The largest absolute Gasteiger partial charge is 0.448 e. The molecule has 0 aliphatic heterocycles. The quantitative estimate of drug-likeness (QED) is 0.926. The van der Waals surface area contributed by atoms with Gasteiger partial charge in [-0.25, -0.2) is 9.97 Å². The zero-order chi connectivity index (χ0) is 16.4.